The summed E-state index contributed by atoms with van der Waals surface area (Å²) in [5, 5.41) is 1.83. The summed E-state index contributed by atoms with van der Waals surface area (Å²) in [7, 11) is -8.70. The smallest absolute Gasteiger partial charge is 0.748 e. The monoisotopic (exact) mass is 722 g/mol. The van der Waals surface area contributed by atoms with E-state index in [1.165, 1.54) is 5.56 Å². The number of hydrogen-bond donors (Lipinski definition) is 0. The van der Waals surface area contributed by atoms with Crippen molar-refractivity contribution in [2.45, 2.75) is 51.5 Å². The molecule has 2 heterocycles. The van der Waals surface area contributed by atoms with Crippen molar-refractivity contribution in [2.24, 2.45) is 0 Å². The van der Waals surface area contributed by atoms with Crippen molar-refractivity contribution in [3.05, 3.63) is 93.5 Å². The molecule has 46 heavy (non-hydrogen) atoms. The normalized spacial score (nSPS) is 14.6. The number of nitrogens with zero attached hydrogens (tertiary/aromatic N) is 2. The number of thioether (sulfide) groups is 1. The summed E-state index contributed by atoms with van der Waals surface area (Å²) in [6, 6.07) is 20.4. The summed E-state index contributed by atoms with van der Waals surface area (Å²) in [5.41, 5.74) is 7.31. The zero-order valence-corrected chi connectivity index (χ0v) is 32.7. The molecule has 0 radical (unpaired) electrons. The summed E-state index contributed by atoms with van der Waals surface area (Å²) >= 11 is 3.19. The van der Waals surface area contributed by atoms with E-state index in [0.717, 1.165) is 53.1 Å². The molecule has 0 N–H and O–H groups in total. The topological polar surface area (TPSA) is 122 Å². The molecule has 0 saturated carbocycles. The van der Waals surface area contributed by atoms with Gasteiger partial charge in [0.25, 0.3) is 5.01 Å². The first-order valence-corrected chi connectivity index (χ1v) is 19.5. The number of thiazole rings is 1. The van der Waals surface area contributed by atoms with E-state index in [4.69, 9.17) is 0 Å². The Kier molecular flexibility index (Phi) is 12.9. The van der Waals surface area contributed by atoms with E-state index in [0.29, 0.717) is 19.4 Å². The quantitative estimate of drug-likeness (QED) is 0.0942. The van der Waals surface area contributed by atoms with Crippen LogP contribution < -0.4 is 60.9 Å². The predicted molar refractivity (Wildman–Crippen MR) is 181 cm³/mol. The molecule has 0 saturated heterocycles. The molecule has 0 fully saturated rings. The van der Waals surface area contributed by atoms with Gasteiger partial charge in [-0.05, 0) is 78.8 Å². The molecule has 0 spiro atoms. The van der Waals surface area contributed by atoms with E-state index in [9.17, 15) is 25.9 Å². The van der Waals surface area contributed by atoms with Crippen LogP contribution in [0.15, 0.2) is 82.2 Å². The maximum absolute atomic E-state index is 11.7. The number of aryl methyl sites for hydroxylation is 3. The third kappa shape index (κ3) is 9.62. The Morgan fingerprint density at radius 2 is 1.59 bits per heavy atom. The average Bonchev–Trinajstić information content (AvgIpc) is 3.49. The molecule has 0 bridgehead atoms. The van der Waals surface area contributed by atoms with Gasteiger partial charge < -0.3 is 14.0 Å². The summed E-state index contributed by atoms with van der Waals surface area (Å²) in [6.07, 6.45) is 5.70. The number of hydrogen-bond acceptors (Lipinski definition) is 9. The Bertz CT molecular complexity index is 2010. The van der Waals surface area contributed by atoms with Crippen LogP contribution in [0.2, 0.25) is 0 Å². The molecule has 1 aromatic heterocycles. The van der Waals surface area contributed by atoms with Crippen molar-refractivity contribution >= 4 is 65.3 Å². The van der Waals surface area contributed by atoms with Gasteiger partial charge in [0.2, 0.25) is 5.52 Å². The minimum absolute atomic E-state index is 0. The zero-order chi connectivity index (χ0) is 32.4. The molecule has 4 aromatic rings. The molecule has 238 valence electrons. The fourth-order valence-electron chi connectivity index (χ4n) is 5.26. The van der Waals surface area contributed by atoms with E-state index < -0.39 is 26.0 Å². The Balaban J connectivity index is 0.00000480. The van der Waals surface area contributed by atoms with Gasteiger partial charge in [-0.25, -0.2) is 16.8 Å². The second-order valence-electron chi connectivity index (χ2n) is 11.1. The number of anilines is 1. The Hall–Kier alpha value is -1.36. The van der Waals surface area contributed by atoms with Crippen molar-refractivity contribution in [1.82, 2.24) is 0 Å². The van der Waals surface area contributed by atoms with Crippen LogP contribution in [0.5, 0.6) is 0 Å². The second-order valence-corrected chi connectivity index (χ2v) is 16.3. The van der Waals surface area contributed by atoms with Gasteiger partial charge in [-0.1, -0.05) is 66.4 Å². The second kappa shape index (κ2) is 15.9. The summed E-state index contributed by atoms with van der Waals surface area (Å²) in [6.45, 7) is 6.79. The van der Waals surface area contributed by atoms with E-state index in [-0.39, 0.29) is 70.1 Å². The zero-order valence-electron chi connectivity index (χ0n) is 26.4. The third-order valence-corrected chi connectivity index (χ3v) is 11.5. The first-order valence-electron chi connectivity index (χ1n) is 14.7. The van der Waals surface area contributed by atoms with Crippen molar-refractivity contribution in [2.75, 3.05) is 23.0 Å². The van der Waals surface area contributed by atoms with Crippen LogP contribution in [0.4, 0.5) is 5.69 Å². The Morgan fingerprint density at radius 1 is 0.891 bits per heavy atom. The predicted octanol–water partition coefficient (Wildman–Crippen LogP) is 3.59. The number of aromatic nitrogens is 1. The molecule has 13 heteroatoms. The molecule has 1 aliphatic heterocycles. The van der Waals surface area contributed by atoms with E-state index in [2.05, 4.69) is 49.6 Å². The Labute approximate surface area is 322 Å². The van der Waals surface area contributed by atoms with Gasteiger partial charge >= 0.3 is 51.4 Å². The number of allylic oxidation sites excluding steroid dienone is 2. The fraction of sp³-hybridized carbons (Fsp3) is 0.303. The number of fused-ring (bicyclic) bond motifs is 2. The van der Waals surface area contributed by atoms with Crippen molar-refractivity contribution in [3.63, 3.8) is 0 Å². The number of unbranched alkanes of at least 4 members (excludes halogenated alkanes) is 1. The standard InChI is InChI=1S/C33H36N2O6S4.K/c1-4-25(20-32-34(14-8-9-16-44(36,37)38)28-18-23(2)24(3)19-31(28)43-32)21-33-35(15-17-45(39,40)41)29-22-27(12-13-30(29)42-33)26-10-6-5-7-11-26;/h5-7,10-13,18-22H,4,8-9,14-17H2,1-3H3,(H-,36,37,38,39,40,41);/q;+1/p-1. The van der Waals surface area contributed by atoms with E-state index >= 15 is 0 Å². The van der Waals surface area contributed by atoms with Crippen LogP contribution >= 0.6 is 23.1 Å². The molecular formula is C33H35KN2O6S4. The number of rotatable bonds is 12. The number of benzene rings is 3. The van der Waals surface area contributed by atoms with Gasteiger partial charge in [0.15, 0.2) is 6.54 Å². The van der Waals surface area contributed by atoms with Gasteiger partial charge in [0.1, 0.15) is 4.70 Å². The molecule has 1 aliphatic rings. The van der Waals surface area contributed by atoms with Gasteiger partial charge in [-0.2, -0.15) is 4.57 Å². The first-order chi connectivity index (χ1) is 21.3. The van der Waals surface area contributed by atoms with Gasteiger partial charge in [-0.15, -0.1) is 0 Å². The molecule has 5 rings (SSSR count). The average molecular weight is 723 g/mol. The van der Waals surface area contributed by atoms with Crippen molar-refractivity contribution in [3.8, 4) is 11.1 Å². The van der Waals surface area contributed by atoms with E-state index in [1.54, 1.807) is 23.1 Å². The van der Waals surface area contributed by atoms with Crippen molar-refractivity contribution < 1.29 is 81.9 Å². The minimum Gasteiger partial charge on any atom is -0.748 e. The van der Waals surface area contributed by atoms with Crippen LogP contribution in [0, 0.1) is 13.8 Å². The molecule has 0 atom stereocenters. The summed E-state index contributed by atoms with van der Waals surface area (Å²) < 4.78 is 71.8. The van der Waals surface area contributed by atoms with Gasteiger partial charge in [0, 0.05) is 35.8 Å². The molecular weight excluding hydrogens is 688 g/mol. The largest absolute Gasteiger partial charge is 1.00 e. The van der Waals surface area contributed by atoms with Crippen LogP contribution in [-0.2, 0) is 26.8 Å². The maximum atomic E-state index is 11.7. The molecule has 0 unspecified atom stereocenters. The molecule has 3 aromatic carbocycles. The van der Waals surface area contributed by atoms with Gasteiger partial charge in [0.05, 0.1) is 36.7 Å². The van der Waals surface area contributed by atoms with Crippen LogP contribution in [0.25, 0.3) is 27.4 Å². The van der Waals surface area contributed by atoms with Crippen molar-refractivity contribution in [1.29, 1.82) is 0 Å². The van der Waals surface area contributed by atoms with Gasteiger partial charge in [-0.3, -0.25) is 0 Å². The van der Waals surface area contributed by atoms with Crippen LogP contribution in [0.1, 0.15) is 42.3 Å². The molecule has 0 aliphatic carbocycles. The minimum atomic E-state index is -4.43. The summed E-state index contributed by atoms with van der Waals surface area (Å²) in [5.74, 6) is -0.900. The van der Waals surface area contributed by atoms with Crippen LogP contribution in [0.3, 0.4) is 0 Å². The van der Waals surface area contributed by atoms with Crippen LogP contribution in [-0.4, -0.2) is 44.0 Å². The SMILES string of the molecule is CCC(=Cc1sc2cc(C)c(C)cc2[n+]1CCCCS(=O)(=O)[O-])C=C1Sc2ccc(-c3ccccc3)cc2N1CCS(=O)(=O)[O-].[K+]. The molecule has 0 amide bonds. The fourth-order valence-corrected chi connectivity index (χ4v) is 8.61. The maximum Gasteiger partial charge on any atom is 1.00 e. The molecule has 8 nitrogen and oxygen atoms in total. The van der Waals surface area contributed by atoms with E-state index in [1.807, 2.05) is 53.4 Å². The summed E-state index contributed by atoms with van der Waals surface area (Å²) in [4.78, 5) is 2.90. The first kappa shape index (κ1) is 37.5. The Morgan fingerprint density at radius 3 is 2.26 bits per heavy atom. The third-order valence-electron chi connectivity index (χ3n) is 7.80.